The molecule has 0 bridgehead atoms. The smallest absolute Gasteiger partial charge is 0.141 e. The van der Waals surface area contributed by atoms with Gasteiger partial charge in [0.15, 0.2) is 0 Å². The van der Waals surface area contributed by atoms with Crippen molar-refractivity contribution in [1.29, 1.82) is 0 Å². The van der Waals surface area contributed by atoms with E-state index in [4.69, 9.17) is 4.42 Å². The molecule has 2 heteroatoms. The summed E-state index contributed by atoms with van der Waals surface area (Å²) in [6.45, 7) is 2.18. The zero-order valence-electron chi connectivity index (χ0n) is 17.4. The minimum Gasteiger partial charge on any atom is -0.456 e. The number of hydrogen-bond acceptors (Lipinski definition) is 2. The SMILES string of the molecule is Cc1cc(C2NC=Cc3cc(C4CCCCC4)ccc32)c2oc3ccccc3c2c1. The number of fused-ring (bicyclic) bond motifs is 4. The van der Waals surface area contributed by atoms with E-state index < -0.39 is 0 Å². The first-order valence-corrected chi connectivity index (χ1v) is 11.3. The fraction of sp³-hybridized carbons (Fsp3) is 0.286. The number of furan rings is 1. The van der Waals surface area contributed by atoms with Crippen LogP contribution < -0.4 is 5.32 Å². The van der Waals surface area contributed by atoms with Gasteiger partial charge in [0.1, 0.15) is 11.2 Å². The van der Waals surface area contributed by atoms with Gasteiger partial charge in [0.2, 0.25) is 0 Å². The molecule has 2 heterocycles. The van der Waals surface area contributed by atoms with Crippen molar-refractivity contribution in [1.82, 2.24) is 5.32 Å². The summed E-state index contributed by atoms with van der Waals surface area (Å²) in [5.41, 5.74) is 8.63. The van der Waals surface area contributed by atoms with E-state index in [1.54, 1.807) is 0 Å². The lowest BCUT2D eigenvalue weighted by Gasteiger charge is -2.27. The van der Waals surface area contributed by atoms with E-state index in [1.807, 2.05) is 6.07 Å². The van der Waals surface area contributed by atoms with Crippen LogP contribution >= 0.6 is 0 Å². The summed E-state index contributed by atoms with van der Waals surface area (Å²) in [5, 5.41) is 6.01. The normalized spacial score (nSPS) is 19.2. The van der Waals surface area contributed by atoms with Gasteiger partial charge in [-0.3, -0.25) is 0 Å². The Morgan fingerprint density at radius 3 is 2.63 bits per heavy atom. The third kappa shape index (κ3) is 2.86. The van der Waals surface area contributed by atoms with Gasteiger partial charge >= 0.3 is 0 Å². The third-order valence-corrected chi connectivity index (χ3v) is 6.99. The highest BCUT2D eigenvalue weighted by molar-refractivity contribution is 6.06. The van der Waals surface area contributed by atoms with Gasteiger partial charge < -0.3 is 9.73 Å². The Labute approximate surface area is 177 Å². The quantitative estimate of drug-likeness (QED) is 0.379. The maximum Gasteiger partial charge on any atom is 0.141 e. The van der Waals surface area contributed by atoms with Gasteiger partial charge in [0.25, 0.3) is 0 Å². The number of nitrogens with one attached hydrogen (secondary N) is 1. The number of aryl methyl sites for hydroxylation is 1. The highest BCUT2D eigenvalue weighted by Gasteiger charge is 2.25. The molecule has 0 amide bonds. The third-order valence-electron chi connectivity index (χ3n) is 6.99. The summed E-state index contributed by atoms with van der Waals surface area (Å²) in [6.07, 6.45) is 11.1. The van der Waals surface area contributed by atoms with Crippen LogP contribution in [-0.4, -0.2) is 0 Å². The van der Waals surface area contributed by atoms with Crippen LogP contribution in [0.5, 0.6) is 0 Å². The first-order valence-electron chi connectivity index (χ1n) is 11.3. The summed E-state index contributed by atoms with van der Waals surface area (Å²) in [6, 6.07) is 20.1. The van der Waals surface area contributed by atoms with Crippen molar-refractivity contribution < 1.29 is 4.42 Å². The zero-order chi connectivity index (χ0) is 20.1. The standard InChI is InChI=1S/C28H27NO/c1-18-15-24-23-9-5-6-10-26(23)30-28(24)25(16-18)27-22-12-11-20(17-21(22)13-14-29-27)19-7-3-2-4-8-19/h5-6,9-17,19,27,29H,2-4,7-8H2,1H3. The summed E-state index contributed by atoms with van der Waals surface area (Å²) in [5.74, 6) is 0.729. The molecule has 1 unspecified atom stereocenters. The summed E-state index contributed by atoms with van der Waals surface area (Å²) in [4.78, 5) is 0. The maximum absolute atomic E-state index is 6.36. The number of hydrogen-bond donors (Lipinski definition) is 1. The van der Waals surface area contributed by atoms with Crippen LogP contribution in [-0.2, 0) is 0 Å². The van der Waals surface area contributed by atoms with Crippen LogP contribution in [0.3, 0.4) is 0 Å². The van der Waals surface area contributed by atoms with Gasteiger partial charge in [-0.25, -0.2) is 0 Å². The molecular formula is C28H27NO. The van der Waals surface area contributed by atoms with Crippen molar-refractivity contribution in [2.24, 2.45) is 0 Å². The van der Waals surface area contributed by atoms with Gasteiger partial charge in [-0.15, -0.1) is 0 Å². The van der Waals surface area contributed by atoms with Crippen LogP contribution in [0.15, 0.2) is 65.2 Å². The van der Waals surface area contributed by atoms with Crippen LogP contribution in [0.4, 0.5) is 0 Å². The molecule has 0 saturated heterocycles. The van der Waals surface area contributed by atoms with E-state index in [0.29, 0.717) is 0 Å². The van der Waals surface area contributed by atoms with Crippen molar-refractivity contribution in [3.8, 4) is 0 Å². The second-order valence-corrected chi connectivity index (χ2v) is 8.99. The molecule has 0 radical (unpaired) electrons. The fourth-order valence-electron chi connectivity index (χ4n) is 5.49. The lowest BCUT2D eigenvalue weighted by molar-refractivity contribution is 0.443. The van der Waals surface area contributed by atoms with Crippen molar-refractivity contribution in [2.45, 2.75) is 51.0 Å². The molecule has 1 aromatic heterocycles. The van der Waals surface area contributed by atoms with Crippen LogP contribution in [0.2, 0.25) is 0 Å². The summed E-state index contributed by atoms with van der Waals surface area (Å²) < 4.78 is 6.36. The predicted molar refractivity (Wildman–Crippen MR) is 125 cm³/mol. The van der Waals surface area contributed by atoms with Crippen LogP contribution in [0.25, 0.3) is 28.0 Å². The summed E-state index contributed by atoms with van der Waals surface area (Å²) >= 11 is 0. The van der Waals surface area contributed by atoms with E-state index in [0.717, 1.165) is 17.1 Å². The second kappa shape index (κ2) is 7.05. The van der Waals surface area contributed by atoms with E-state index in [9.17, 15) is 0 Å². The van der Waals surface area contributed by atoms with E-state index in [-0.39, 0.29) is 6.04 Å². The first-order chi connectivity index (χ1) is 14.8. The van der Waals surface area contributed by atoms with Gasteiger partial charge in [-0.05, 0) is 78.4 Å². The molecule has 1 aliphatic carbocycles. The fourth-order valence-corrected chi connectivity index (χ4v) is 5.49. The van der Waals surface area contributed by atoms with E-state index in [2.05, 4.69) is 73.0 Å². The van der Waals surface area contributed by atoms with Gasteiger partial charge in [0.05, 0.1) is 6.04 Å². The van der Waals surface area contributed by atoms with Crippen LogP contribution in [0, 0.1) is 6.92 Å². The Morgan fingerprint density at radius 1 is 0.867 bits per heavy atom. The average molecular weight is 394 g/mol. The molecule has 30 heavy (non-hydrogen) atoms. The minimum absolute atomic E-state index is 0.105. The van der Waals surface area contributed by atoms with Crippen molar-refractivity contribution >= 4 is 28.0 Å². The van der Waals surface area contributed by atoms with Crippen molar-refractivity contribution in [3.05, 3.63) is 88.6 Å². The Balaban J connectivity index is 1.48. The topological polar surface area (TPSA) is 25.2 Å². The molecular weight excluding hydrogens is 366 g/mol. The maximum atomic E-state index is 6.36. The highest BCUT2D eigenvalue weighted by Crippen LogP contribution is 2.40. The van der Waals surface area contributed by atoms with E-state index >= 15 is 0 Å². The predicted octanol–water partition coefficient (Wildman–Crippen LogP) is 7.61. The van der Waals surface area contributed by atoms with Crippen LogP contribution in [0.1, 0.15) is 71.9 Å². The van der Waals surface area contributed by atoms with Crippen molar-refractivity contribution in [2.75, 3.05) is 0 Å². The molecule has 0 spiro atoms. The largest absolute Gasteiger partial charge is 0.456 e. The Hall–Kier alpha value is -3.00. The zero-order valence-corrected chi connectivity index (χ0v) is 17.4. The second-order valence-electron chi connectivity index (χ2n) is 8.99. The molecule has 1 fully saturated rings. The number of benzene rings is 3. The molecule has 1 atom stereocenters. The molecule has 3 aromatic carbocycles. The molecule has 2 aliphatic rings. The van der Waals surface area contributed by atoms with E-state index in [1.165, 1.54) is 70.7 Å². The molecule has 1 saturated carbocycles. The average Bonchev–Trinajstić information content (AvgIpc) is 3.17. The monoisotopic (exact) mass is 393 g/mol. The molecule has 1 aliphatic heterocycles. The molecule has 4 aromatic rings. The lowest BCUT2D eigenvalue weighted by Crippen LogP contribution is -2.21. The van der Waals surface area contributed by atoms with Gasteiger partial charge in [0, 0.05) is 16.3 Å². The molecule has 2 nitrogen and oxygen atoms in total. The Bertz CT molecular complexity index is 1270. The number of rotatable bonds is 2. The molecule has 1 N–H and O–H groups in total. The molecule has 150 valence electrons. The van der Waals surface area contributed by atoms with Gasteiger partial charge in [-0.2, -0.15) is 0 Å². The molecule has 6 rings (SSSR count). The Kier molecular flexibility index (Phi) is 4.19. The van der Waals surface area contributed by atoms with Crippen molar-refractivity contribution in [3.63, 3.8) is 0 Å². The minimum atomic E-state index is 0.105. The van der Waals surface area contributed by atoms with Gasteiger partial charge in [-0.1, -0.05) is 55.7 Å². The lowest BCUT2D eigenvalue weighted by atomic mass is 9.81. The first kappa shape index (κ1) is 17.8. The highest BCUT2D eigenvalue weighted by atomic mass is 16.3. The Morgan fingerprint density at radius 2 is 1.73 bits per heavy atom. The number of para-hydroxylation sites is 1. The summed E-state index contributed by atoms with van der Waals surface area (Å²) in [7, 11) is 0.